The van der Waals surface area contributed by atoms with Crippen LogP contribution in [0.3, 0.4) is 0 Å². The van der Waals surface area contributed by atoms with Crippen molar-refractivity contribution in [2.24, 2.45) is 0 Å². The first-order valence-electron chi connectivity index (χ1n) is 5.65. The molecular formula is C10H24O4Si. The van der Waals surface area contributed by atoms with Crippen molar-refractivity contribution < 1.29 is 18.6 Å². The highest BCUT2D eigenvalue weighted by Crippen LogP contribution is 2.22. The molecule has 5 heteroatoms. The largest absolute Gasteiger partial charge is 0.428 e. The lowest BCUT2D eigenvalue weighted by atomic mass is 10.3. The first-order chi connectivity index (χ1) is 7.24. The van der Waals surface area contributed by atoms with Crippen LogP contribution in [0.2, 0.25) is 0 Å². The molecule has 0 amide bonds. The summed E-state index contributed by atoms with van der Waals surface area (Å²) in [5.74, 6) is -0.863. The van der Waals surface area contributed by atoms with Crippen LogP contribution in [0.5, 0.6) is 0 Å². The highest BCUT2D eigenvalue weighted by Gasteiger charge is 2.31. The van der Waals surface area contributed by atoms with Crippen LogP contribution in [0.15, 0.2) is 0 Å². The topological polar surface area (TPSA) is 36.9 Å². The molecule has 0 radical (unpaired) electrons. The van der Waals surface area contributed by atoms with Crippen LogP contribution in [0.25, 0.3) is 0 Å². The van der Waals surface area contributed by atoms with E-state index in [1.807, 2.05) is 20.8 Å². The molecule has 0 heterocycles. The van der Waals surface area contributed by atoms with Crippen LogP contribution in [0, 0.1) is 0 Å². The fourth-order valence-electron chi connectivity index (χ4n) is 1.43. The maximum absolute atomic E-state index is 5.57. The zero-order valence-corrected chi connectivity index (χ0v) is 12.4. The number of hydrogen-bond acceptors (Lipinski definition) is 4. The third-order valence-corrected chi connectivity index (χ3v) is 2.33. The van der Waals surface area contributed by atoms with Crippen LogP contribution >= 0.6 is 0 Å². The van der Waals surface area contributed by atoms with Crippen LogP contribution in [0.1, 0.15) is 33.6 Å². The summed E-state index contributed by atoms with van der Waals surface area (Å²) in [6, 6.07) is 0. The Morgan fingerprint density at radius 3 is 1.73 bits per heavy atom. The molecule has 0 aliphatic rings. The highest BCUT2D eigenvalue weighted by atomic mass is 28.2. The van der Waals surface area contributed by atoms with Crippen molar-refractivity contribution in [3.05, 3.63) is 0 Å². The van der Waals surface area contributed by atoms with E-state index in [0.717, 1.165) is 23.5 Å². The van der Waals surface area contributed by atoms with Gasteiger partial charge in [0.1, 0.15) is 10.5 Å². The smallest absolute Gasteiger partial charge is 0.282 e. The maximum Gasteiger partial charge on any atom is 0.282 e. The Labute approximate surface area is 95.8 Å². The molecule has 0 spiro atoms. The highest BCUT2D eigenvalue weighted by molar-refractivity contribution is 5.97. The van der Waals surface area contributed by atoms with Crippen LogP contribution < -0.4 is 0 Å². The van der Waals surface area contributed by atoms with E-state index in [4.69, 9.17) is 18.6 Å². The molecule has 0 aromatic rings. The monoisotopic (exact) mass is 236 g/mol. The summed E-state index contributed by atoms with van der Waals surface area (Å²) < 4.78 is 21.8. The van der Waals surface area contributed by atoms with E-state index in [9.17, 15) is 0 Å². The molecule has 0 saturated carbocycles. The van der Waals surface area contributed by atoms with Gasteiger partial charge >= 0.3 is 0 Å². The van der Waals surface area contributed by atoms with Crippen molar-refractivity contribution in [1.29, 1.82) is 0 Å². The first kappa shape index (κ1) is 15.1. The van der Waals surface area contributed by atoms with Gasteiger partial charge in [-0.25, -0.2) is 0 Å². The molecule has 15 heavy (non-hydrogen) atoms. The first-order valence-corrected chi connectivity index (χ1v) is 6.47. The summed E-state index contributed by atoms with van der Waals surface area (Å²) in [5.41, 5.74) is 0. The third kappa shape index (κ3) is 6.27. The fraction of sp³-hybridized carbons (Fsp3) is 1.00. The SMILES string of the molecule is CCOC(CCCO[SiH3])(OCC)OCC. The van der Waals surface area contributed by atoms with E-state index in [-0.39, 0.29) is 0 Å². The molecule has 0 aromatic carbocycles. The average molecular weight is 236 g/mol. The number of ether oxygens (including phenoxy) is 3. The maximum atomic E-state index is 5.57. The quantitative estimate of drug-likeness (QED) is 0.320. The van der Waals surface area contributed by atoms with Gasteiger partial charge in [-0.2, -0.15) is 0 Å². The Morgan fingerprint density at radius 2 is 1.40 bits per heavy atom. The summed E-state index contributed by atoms with van der Waals surface area (Å²) in [6.45, 7) is 8.33. The second-order valence-corrected chi connectivity index (χ2v) is 3.66. The van der Waals surface area contributed by atoms with Crippen LogP contribution in [-0.4, -0.2) is 42.9 Å². The van der Waals surface area contributed by atoms with Gasteiger partial charge in [0, 0.05) is 32.8 Å². The van der Waals surface area contributed by atoms with Crippen molar-refractivity contribution in [1.82, 2.24) is 0 Å². The van der Waals surface area contributed by atoms with E-state index in [1.165, 1.54) is 0 Å². The normalized spacial score (nSPS) is 12.2. The minimum Gasteiger partial charge on any atom is -0.428 e. The Morgan fingerprint density at radius 1 is 0.933 bits per heavy atom. The van der Waals surface area contributed by atoms with Gasteiger partial charge in [0.25, 0.3) is 5.97 Å². The lowest BCUT2D eigenvalue weighted by molar-refractivity contribution is -0.380. The molecule has 0 rings (SSSR count). The summed E-state index contributed by atoms with van der Waals surface area (Å²) in [6.07, 6.45) is 1.61. The lowest BCUT2D eigenvalue weighted by Gasteiger charge is -2.32. The predicted octanol–water partition coefficient (Wildman–Crippen LogP) is 0.827. The molecular weight excluding hydrogens is 212 g/mol. The van der Waals surface area contributed by atoms with Crippen molar-refractivity contribution in [3.63, 3.8) is 0 Å². The van der Waals surface area contributed by atoms with E-state index < -0.39 is 5.97 Å². The van der Waals surface area contributed by atoms with E-state index in [0.29, 0.717) is 26.2 Å². The van der Waals surface area contributed by atoms with Gasteiger partial charge in [0.2, 0.25) is 0 Å². The Bertz CT molecular complexity index is 126. The van der Waals surface area contributed by atoms with E-state index >= 15 is 0 Å². The van der Waals surface area contributed by atoms with Crippen molar-refractivity contribution in [2.45, 2.75) is 39.6 Å². The van der Waals surface area contributed by atoms with Gasteiger partial charge < -0.3 is 18.6 Å². The van der Waals surface area contributed by atoms with Gasteiger partial charge in [0.15, 0.2) is 0 Å². The van der Waals surface area contributed by atoms with E-state index in [1.54, 1.807) is 0 Å². The second-order valence-electron chi connectivity index (χ2n) is 3.08. The number of rotatable bonds is 10. The zero-order chi connectivity index (χ0) is 11.6. The molecule has 92 valence electrons. The van der Waals surface area contributed by atoms with Gasteiger partial charge in [0.05, 0.1) is 0 Å². The molecule has 0 fully saturated rings. The van der Waals surface area contributed by atoms with Gasteiger partial charge in [-0.3, -0.25) is 0 Å². The van der Waals surface area contributed by atoms with Crippen LogP contribution in [0.4, 0.5) is 0 Å². The minimum absolute atomic E-state index is 0.585. The van der Waals surface area contributed by atoms with Crippen molar-refractivity contribution >= 4 is 10.5 Å². The fourth-order valence-corrected chi connectivity index (χ4v) is 1.72. The molecule has 0 N–H and O–H groups in total. The van der Waals surface area contributed by atoms with Crippen molar-refractivity contribution in [3.8, 4) is 0 Å². The Kier molecular flexibility index (Phi) is 9.33. The average Bonchev–Trinajstić information content (AvgIpc) is 2.19. The molecule has 0 bridgehead atoms. The second kappa shape index (κ2) is 9.29. The molecule has 4 nitrogen and oxygen atoms in total. The standard InChI is InChI=1S/C10H24O4Si/c1-4-11-10(12-5-2,13-6-3)8-7-9-14-15/h4-9H2,1-3,15H3. The predicted molar refractivity (Wildman–Crippen MR) is 62.7 cm³/mol. The van der Waals surface area contributed by atoms with Gasteiger partial charge in [-0.15, -0.1) is 0 Å². The summed E-state index contributed by atoms with van der Waals surface area (Å²) >= 11 is 0. The summed E-state index contributed by atoms with van der Waals surface area (Å²) in [5, 5.41) is 0. The van der Waals surface area contributed by atoms with Crippen LogP contribution in [-0.2, 0) is 18.6 Å². The minimum atomic E-state index is -0.863. The Balaban J connectivity index is 4.18. The molecule has 0 aromatic heterocycles. The molecule has 0 atom stereocenters. The molecule has 0 aliphatic heterocycles. The third-order valence-electron chi connectivity index (χ3n) is 1.92. The number of hydrogen-bond donors (Lipinski definition) is 0. The van der Waals surface area contributed by atoms with Crippen molar-refractivity contribution in [2.75, 3.05) is 26.4 Å². The van der Waals surface area contributed by atoms with E-state index in [2.05, 4.69) is 0 Å². The zero-order valence-electron chi connectivity index (χ0n) is 10.4. The summed E-state index contributed by atoms with van der Waals surface area (Å²) in [4.78, 5) is 0. The lowest BCUT2D eigenvalue weighted by Crippen LogP contribution is -2.39. The molecule has 0 saturated heterocycles. The summed E-state index contributed by atoms with van der Waals surface area (Å²) in [7, 11) is 0.775. The van der Waals surface area contributed by atoms with Gasteiger partial charge in [-0.05, 0) is 27.2 Å². The Hall–Kier alpha value is 0.0569. The van der Waals surface area contributed by atoms with Gasteiger partial charge in [-0.1, -0.05) is 0 Å². The molecule has 0 unspecified atom stereocenters. The molecule has 0 aliphatic carbocycles.